The van der Waals surface area contributed by atoms with Gasteiger partial charge < -0.3 is 8.83 Å². The van der Waals surface area contributed by atoms with E-state index in [0.29, 0.717) is 17.7 Å². The van der Waals surface area contributed by atoms with E-state index in [0.717, 1.165) is 36.7 Å². The normalized spacial score (nSPS) is 18.8. The number of aromatic nitrogens is 2. The lowest BCUT2D eigenvalue weighted by atomic mass is 9.98. The summed E-state index contributed by atoms with van der Waals surface area (Å²) in [5.41, 5.74) is 2.12. The van der Waals surface area contributed by atoms with Crippen LogP contribution in [0.15, 0.2) is 51.6 Å². The SMILES string of the molecule is Cc1oc(-c2ccco2)nc1CN1CCCCC1c1ccccn1. The third-order valence-corrected chi connectivity index (χ3v) is 4.62. The Hall–Kier alpha value is -2.40. The summed E-state index contributed by atoms with van der Waals surface area (Å²) in [6, 6.07) is 10.2. The lowest BCUT2D eigenvalue weighted by Gasteiger charge is -2.34. The first-order chi connectivity index (χ1) is 11.8. The van der Waals surface area contributed by atoms with E-state index < -0.39 is 0 Å². The summed E-state index contributed by atoms with van der Waals surface area (Å²) >= 11 is 0. The molecule has 124 valence electrons. The van der Waals surface area contributed by atoms with Crippen molar-refractivity contribution in [2.24, 2.45) is 0 Å². The molecule has 1 fully saturated rings. The number of likely N-dealkylation sites (tertiary alicyclic amines) is 1. The number of furan rings is 1. The number of rotatable bonds is 4. The predicted octanol–water partition coefficient (Wildman–Crippen LogP) is 4.37. The molecule has 3 aromatic rings. The zero-order valence-electron chi connectivity index (χ0n) is 13.8. The Morgan fingerprint density at radius 2 is 2.17 bits per heavy atom. The van der Waals surface area contributed by atoms with Crippen molar-refractivity contribution in [1.29, 1.82) is 0 Å². The first-order valence-electron chi connectivity index (χ1n) is 8.46. The average molecular weight is 323 g/mol. The van der Waals surface area contributed by atoms with Crippen molar-refractivity contribution in [2.45, 2.75) is 38.8 Å². The Bertz CT molecular complexity index is 780. The van der Waals surface area contributed by atoms with Crippen LogP contribution in [0.4, 0.5) is 0 Å². The molecule has 0 aromatic carbocycles. The van der Waals surface area contributed by atoms with Gasteiger partial charge in [-0.1, -0.05) is 12.5 Å². The highest BCUT2D eigenvalue weighted by Crippen LogP contribution is 2.32. The Kier molecular flexibility index (Phi) is 4.17. The maximum atomic E-state index is 5.79. The smallest absolute Gasteiger partial charge is 0.263 e. The molecule has 1 saturated heterocycles. The summed E-state index contributed by atoms with van der Waals surface area (Å²) in [5, 5.41) is 0. The van der Waals surface area contributed by atoms with Gasteiger partial charge in [0.25, 0.3) is 5.89 Å². The fourth-order valence-electron chi connectivity index (χ4n) is 3.36. The van der Waals surface area contributed by atoms with Gasteiger partial charge >= 0.3 is 0 Å². The Morgan fingerprint density at radius 3 is 2.96 bits per heavy atom. The number of pyridine rings is 1. The zero-order chi connectivity index (χ0) is 16.4. The molecule has 0 aliphatic carbocycles. The Labute approximate surface area is 141 Å². The second-order valence-corrected chi connectivity index (χ2v) is 6.24. The zero-order valence-corrected chi connectivity index (χ0v) is 13.8. The molecule has 1 aliphatic rings. The number of hydrogen-bond acceptors (Lipinski definition) is 5. The summed E-state index contributed by atoms with van der Waals surface area (Å²) in [7, 11) is 0. The quantitative estimate of drug-likeness (QED) is 0.714. The van der Waals surface area contributed by atoms with Gasteiger partial charge in [-0.05, 0) is 50.6 Å². The Morgan fingerprint density at radius 1 is 1.21 bits per heavy atom. The molecule has 0 bridgehead atoms. The van der Waals surface area contributed by atoms with Crippen LogP contribution in [0.5, 0.6) is 0 Å². The molecule has 0 N–H and O–H groups in total. The number of aryl methyl sites for hydroxylation is 1. The Balaban J connectivity index is 1.57. The third-order valence-electron chi connectivity index (χ3n) is 4.62. The van der Waals surface area contributed by atoms with Crippen LogP contribution < -0.4 is 0 Å². The van der Waals surface area contributed by atoms with Gasteiger partial charge in [0.2, 0.25) is 0 Å². The molecule has 3 aromatic heterocycles. The molecule has 1 atom stereocenters. The first-order valence-corrected chi connectivity index (χ1v) is 8.46. The monoisotopic (exact) mass is 323 g/mol. The minimum Gasteiger partial charge on any atom is -0.459 e. The lowest BCUT2D eigenvalue weighted by Crippen LogP contribution is -2.33. The maximum absolute atomic E-state index is 5.79. The van der Waals surface area contributed by atoms with Crippen LogP contribution in [0.3, 0.4) is 0 Å². The fourth-order valence-corrected chi connectivity index (χ4v) is 3.36. The van der Waals surface area contributed by atoms with Gasteiger partial charge in [-0.15, -0.1) is 0 Å². The van der Waals surface area contributed by atoms with Gasteiger partial charge in [0.05, 0.1) is 23.7 Å². The van der Waals surface area contributed by atoms with Crippen LogP contribution in [0.2, 0.25) is 0 Å². The number of hydrogen-bond donors (Lipinski definition) is 0. The van der Waals surface area contributed by atoms with Gasteiger partial charge in [-0.2, -0.15) is 0 Å². The maximum Gasteiger partial charge on any atom is 0.263 e. The van der Waals surface area contributed by atoms with E-state index in [1.165, 1.54) is 12.8 Å². The minimum atomic E-state index is 0.350. The second-order valence-electron chi connectivity index (χ2n) is 6.24. The number of nitrogens with zero attached hydrogens (tertiary/aromatic N) is 3. The van der Waals surface area contributed by atoms with Gasteiger partial charge in [0.15, 0.2) is 5.76 Å². The molecule has 0 saturated carbocycles. The predicted molar refractivity (Wildman–Crippen MR) is 90.2 cm³/mol. The highest BCUT2D eigenvalue weighted by Gasteiger charge is 2.26. The summed E-state index contributed by atoms with van der Waals surface area (Å²) in [5.74, 6) is 2.08. The van der Waals surface area contributed by atoms with E-state index >= 15 is 0 Å². The van der Waals surface area contributed by atoms with E-state index in [2.05, 4.69) is 27.0 Å². The van der Waals surface area contributed by atoms with Crippen molar-refractivity contribution in [1.82, 2.24) is 14.9 Å². The van der Waals surface area contributed by atoms with Crippen molar-refractivity contribution in [3.05, 3.63) is 59.9 Å². The largest absolute Gasteiger partial charge is 0.459 e. The van der Waals surface area contributed by atoms with Crippen LogP contribution in [0, 0.1) is 6.92 Å². The van der Waals surface area contributed by atoms with Crippen molar-refractivity contribution < 1.29 is 8.83 Å². The molecule has 5 nitrogen and oxygen atoms in total. The molecular weight excluding hydrogens is 302 g/mol. The standard InChI is InChI=1S/C19H21N3O2/c1-14-16(21-19(24-14)18-9-6-12-23-18)13-22-11-5-3-8-17(22)15-7-2-4-10-20-15/h2,4,6-7,9-10,12,17H,3,5,8,11,13H2,1H3. The molecule has 1 aliphatic heterocycles. The molecule has 1 unspecified atom stereocenters. The van der Waals surface area contributed by atoms with Crippen LogP contribution >= 0.6 is 0 Å². The molecular formula is C19H21N3O2. The fraction of sp³-hybridized carbons (Fsp3) is 0.368. The molecule has 24 heavy (non-hydrogen) atoms. The first kappa shape index (κ1) is 15.1. The summed E-state index contributed by atoms with van der Waals surface area (Å²) in [4.78, 5) is 11.7. The van der Waals surface area contributed by atoms with Crippen LogP contribution in [-0.2, 0) is 6.54 Å². The number of piperidine rings is 1. The van der Waals surface area contributed by atoms with E-state index in [1.54, 1.807) is 6.26 Å². The van der Waals surface area contributed by atoms with Crippen molar-refractivity contribution in [3.8, 4) is 11.7 Å². The van der Waals surface area contributed by atoms with Crippen LogP contribution in [0.1, 0.15) is 42.5 Å². The van der Waals surface area contributed by atoms with Crippen LogP contribution in [-0.4, -0.2) is 21.4 Å². The molecule has 4 heterocycles. The lowest BCUT2D eigenvalue weighted by molar-refractivity contribution is 0.135. The van der Waals surface area contributed by atoms with Gasteiger partial charge in [-0.3, -0.25) is 9.88 Å². The van der Waals surface area contributed by atoms with Gasteiger partial charge in [0.1, 0.15) is 5.76 Å². The van der Waals surface area contributed by atoms with E-state index in [1.807, 2.05) is 31.3 Å². The third kappa shape index (κ3) is 2.99. The topological polar surface area (TPSA) is 55.3 Å². The molecule has 0 amide bonds. The summed E-state index contributed by atoms with van der Waals surface area (Å²) < 4.78 is 11.2. The van der Waals surface area contributed by atoms with Crippen LogP contribution in [0.25, 0.3) is 11.7 Å². The van der Waals surface area contributed by atoms with E-state index in [4.69, 9.17) is 8.83 Å². The summed E-state index contributed by atoms with van der Waals surface area (Å²) in [6.07, 6.45) is 7.10. The molecule has 4 rings (SSSR count). The van der Waals surface area contributed by atoms with E-state index in [9.17, 15) is 0 Å². The minimum absolute atomic E-state index is 0.350. The highest BCUT2D eigenvalue weighted by molar-refractivity contribution is 5.44. The van der Waals surface area contributed by atoms with Crippen molar-refractivity contribution in [3.63, 3.8) is 0 Å². The van der Waals surface area contributed by atoms with Gasteiger partial charge in [0, 0.05) is 12.7 Å². The van der Waals surface area contributed by atoms with E-state index in [-0.39, 0.29) is 0 Å². The molecule has 5 heteroatoms. The number of oxazole rings is 1. The van der Waals surface area contributed by atoms with Gasteiger partial charge in [-0.25, -0.2) is 4.98 Å². The van der Waals surface area contributed by atoms with Crippen molar-refractivity contribution >= 4 is 0 Å². The molecule has 0 radical (unpaired) electrons. The average Bonchev–Trinajstić information content (AvgIpc) is 3.27. The highest BCUT2D eigenvalue weighted by atomic mass is 16.4. The summed E-state index contributed by atoms with van der Waals surface area (Å²) in [6.45, 7) is 3.80. The van der Waals surface area contributed by atoms with Crippen molar-refractivity contribution in [2.75, 3.05) is 6.54 Å². The molecule has 0 spiro atoms. The second kappa shape index (κ2) is 6.61.